The van der Waals surface area contributed by atoms with E-state index in [2.05, 4.69) is 0 Å². The van der Waals surface area contributed by atoms with Gasteiger partial charge in [0.15, 0.2) is 5.78 Å². The summed E-state index contributed by atoms with van der Waals surface area (Å²) < 4.78 is 0. The summed E-state index contributed by atoms with van der Waals surface area (Å²) in [4.78, 5) is 19.7. The number of rotatable bonds is 3. The standard InChI is InChI=1S/C21H20ClNO2/c22-17-12-14-11-16(17)21-18(14)19(20(24)13-7-3-1-4-8-13)23(25-21)15-9-5-2-6-10-15/h1-10,14,16-19,21H,11-12H2/t14-,16-,17+,18-,19-,21+/m0/s1. The first-order valence-electron chi connectivity index (χ1n) is 8.98. The van der Waals surface area contributed by atoms with Crippen molar-refractivity contribution in [2.75, 3.05) is 5.06 Å². The second-order valence-electron chi connectivity index (χ2n) is 7.40. The maximum atomic E-state index is 13.4. The Morgan fingerprint density at radius 3 is 2.40 bits per heavy atom. The van der Waals surface area contributed by atoms with E-state index in [4.69, 9.17) is 16.4 Å². The first-order chi connectivity index (χ1) is 12.2. The number of Topliss-reactive ketones (excluding diaryl/α,β-unsaturated/α-hetero) is 1. The molecule has 2 bridgehead atoms. The van der Waals surface area contributed by atoms with Crippen LogP contribution in [0.3, 0.4) is 0 Å². The van der Waals surface area contributed by atoms with E-state index < -0.39 is 0 Å². The third-order valence-corrected chi connectivity index (χ3v) is 6.61. The van der Waals surface area contributed by atoms with Crippen LogP contribution in [0.4, 0.5) is 5.69 Å². The quantitative estimate of drug-likeness (QED) is 0.608. The summed E-state index contributed by atoms with van der Waals surface area (Å²) in [5.41, 5.74) is 1.69. The number of nitrogens with zero attached hydrogens (tertiary/aromatic N) is 1. The Bertz CT molecular complexity index is 781. The molecule has 0 spiro atoms. The van der Waals surface area contributed by atoms with Crippen LogP contribution in [-0.4, -0.2) is 23.3 Å². The number of anilines is 1. The lowest BCUT2D eigenvalue weighted by Gasteiger charge is -2.28. The zero-order chi connectivity index (χ0) is 17.0. The number of hydrogen-bond donors (Lipinski definition) is 0. The second kappa shape index (κ2) is 5.86. The van der Waals surface area contributed by atoms with Gasteiger partial charge < -0.3 is 0 Å². The molecule has 3 nitrogen and oxygen atoms in total. The molecule has 2 aliphatic carbocycles. The fraction of sp³-hybridized carbons (Fsp3) is 0.381. The summed E-state index contributed by atoms with van der Waals surface area (Å²) in [6.07, 6.45) is 2.14. The van der Waals surface area contributed by atoms with Crippen LogP contribution in [0.2, 0.25) is 0 Å². The van der Waals surface area contributed by atoms with Gasteiger partial charge in [0, 0.05) is 22.8 Å². The fourth-order valence-electron chi connectivity index (χ4n) is 5.06. The van der Waals surface area contributed by atoms with Gasteiger partial charge in [-0.1, -0.05) is 48.5 Å². The number of carbonyl (C=O) groups excluding carboxylic acids is 1. The summed E-state index contributed by atoms with van der Waals surface area (Å²) in [6.45, 7) is 0. The third kappa shape index (κ3) is 2.33. The highest BCUT2D eigenvalue weighted by Gasteiger charge is 2.62. The molecule has 1 aliphatic heterocycles. The highest BCUT2D eigenvalue weighted by atomic mass is 35.5. The number of benzene rings is 2. The smallest absolute Gasteiger partial charge is 0.188 e. The molecule has 3 fully saturated rings. The Morgan fingerprint density at radius 2 is 1.68 bits per heavy atom. The predicted octanol–water partition coefficient (Wildman–Crippen LogP) is 4.32. The molecule has 5 rings (SSSR count). The molecule has 3 aliphatic rings. The van der Waals surface area contributed by atoms with Gasteiger partial charge in [-0.15, -0.1) is 11.6 Å². The van der Waals surface area contributed by atoms with Gasteiger partial charge in [0.1, 0.15) is 6.04 Å². The number of carbonyl (C=O) groups is 1. The van der Waals surface area contributed by atoms with Crippen molar-refractivity contribution < 1.29 is 9.63 Å². The van der Waals surface area contributed by atoms with Gasteiger partial charge in [-0.05, 0) is 30.9 Å². The van der Waals surface area contributed by atoms with Gasteiger partial charge in [-0.3, -0.25) is 9.63 Å². The first kappa shape index (κ1) is 15.4. The van der Waals surface area contributed by atoms with Crippen molar-refractivity contribution in [2.24, 2.45) is 17.8 Å². The maximum absolute atomic E-state index is 13.4. The van der Waals surface area contributed by atoms with Crippen LogP contribution in [-0.2, 0) is 4.84 Å². The minimum atomic E-state index is -0.269. The van der Waals surface area contributed by atoms with E-state index in [-0.39, 0.29) is 29.2 Å². The second-order valence-corrected chi connectivity index (χ2v) is 7.96. The number of ketones is 1. The Hall–Kier alpha value is -1.84. The number of halogens is 1. The van der Waals surface area contributed by atoms with E-state index >= 15 is 0 Å². The molecule has 4 heteroatoms. The zero-order valence-corrected chi connectivity index (χ0v) is 14.5. The highest BCUT2D eigenvalue weighted by Crippen LogP contribution is 2.57. The average molecular weight is 354 g/mol. The largest absolute Gasteiger partial charge is 0.292 e. The summed E-state index contributed by atoms with van der Waals surface area (Å²) in [6, 6.07) is 19.3. The summed E-state index contributed by atoms with van der Waals surface area (Å²) in [7, 11) is 0. The molecule has 2 saturated carbocycles. The van der Waals surface area contributed by atoms with Crippen LogP contribution in [0.5, 0.6) is 0 Å². The van der Waals surface area contributed by atoms with Gasteiger partial charge in [0.25, 0.3) is 0 Å². The van der Waals surface area contributed by atoms with E-state index in [0.29, 0.717) is 11.8 Å². The molecule has 2 aromatic carbocycles. The zero-order valence-electron chi connectivity index (χ0n) is 13.8. The van der Waals surface area contributed by atoms with Crippen molar-refractivity contribution in [2.45, 2.75) is 30.4 Å². The maximum Gasteiger partial charge on any atom is 0.188 e. The fourth-order valence-corrected chi connectivity index (χ4v) is 5.53. The minimum absolute atomic E-state index is 0.0547. The van der Waals surface area contributed by atoms with Crippen LogP contribution in [0.1, 0.15) is 23.2 Å². The lowest BCUT2D eigenvalue weighted by Crippen LogP contribution is -2.42. The number of alkyl halides is 1. The first-order valence-corrected chi connectivity index (χ1v) is 9.42. The Balaban J connectivity index is 1.56. The van der Waals surface area contributed by atoms with Crippen LogP contribution in [0.25, 0.3) is 0 Å². The molecular weight excluding hydrogens is 334 g/mol. The molecule has 25 heavy (non-hydrogen) atoms. The van der Waals surface area contributed by atoms with Gasteiger partial charge in [0.2, 0.25) is 0 Å². The molecular formula is C21H20ClNO2. The molecule has 0 aromatic heterocycles. The monoisotopic (exact) mass is 353 g/mol. The van der Waals surface area contributed by atoms with E-state index in [1.807, 2.05) is 65.7 Å². The summed E-state index contributed by atoms with van der Waals surface area (Å²) in [5, 5.41) is 2.04. The van der Waals surface area contributed by atoms with Crippen molar-refractivity contribution in [3.63, 3.8) is 0 Å². The minimum Gasteiger partial charge on any atom is -0.292 e. The van der Waals surface area contributed by atoms with Crippen LogP contribution < -0.4 is 5.06 Å². The van der Waals surface area contributed by atoms with Crippen molar-refractivity contribution in [3.05, 3.63) is 66.2 Å². The van der Waals surface area contributed by atoms with E-state index in [1.165, 1.54) is 0 Å². The van der Waals surface area contributed by atoms with Crippen LogP contribution in [0, 0.1) is 17.8 Å². The number of fused-ring (bicyclic) bond motifs is 5. The predicted molar refractivity (Wildman–Crippen MR) is 97.7 cm³/mol. The van der Waals surface area contributed by atoms with Crippen molar-refractivity contribution >= 4 is 23.1 Å². The Morgan fingerprint density at radius 1 is 1.00 bits per heavy atom. The molecule has 0 N–H and O–H groups in total. The van der Waals surface area contributed by atoms with Crippen molar-refractivity contribution in [1.29, 1.82) is 0 Å². The topological polar surface area (TPSA) is 29.5 Å². The highest BCUT2D eigenvalue weighted by molar-refractivity contribution is 6.21. The third-order valence-electron chi connectivity index (χ3n) is 6.10. The average Bonchev–Trinajstić information content (AvgIpc) is 3.32. The Labute approximate surface area is 152 Å². The molecule has 128 valence electrons. The van der Waals surface area contributed by atoms with Gasteiger partial charge in [0.05, 0.1) is 11.8 Å². The van der Waals surface area contributed by atoms with Gasteiger partial charge in [-0.2, -0.15) is 0 Å². The van der Waals surface area contributed by atoms with E-state index in [0.717, 1.165) is 24.1 Å². The molecule has 6 atom stereocenters. The lowest BCUT2D eigenvalue weighted by molar-refractivity contribution is 0.0371. The number of hydroxylamine groups is 1. The molecule has 1 saturated heterocycles. The van der Waals surface area contributed by atoms with Crippen LogP contribution >= 0.6 is 11.6 Å². The van der Waals surface area contributed by atoms with Gasteiger partial charge >= 0.3 is 0 Å². The van der Waals surface area contributed by atoms with Crippen molar-refractivity contribution in [3.8, 4) is 0 Å². The Kier molecular flexibility index (Phi) is 3.61. The summed E-state index contributed by atoms with van der Waals surface area (Å²) in [5.74, 6) is 1.21. The molecule has 0 radical (unpaired) electrons. The number of hydrogen-bond acceptors (Lipinski definition) is 3. The van der Waals surface area contributed by atoms with Gasteiger partial charge in [-0.25, -0.2) is 5.06 Å². The summed E-state index contributed by atoms with van der Waals surface area (Å²) >= 11 is 6.53. The van der Waals surface area contributed by atoms with Crippen LogP contribution in [0.15, 0.2) is 60.7 Å². The van der Waals surface area contributed by atoms with E-state index in [1.54, 1.807) is 0 Å². The lowest BCUT2D eigenvalue weighted by atomic mass is 9.79. The van der Waals surface area contributed by atoms with E-state index in [9.17, 15) is 4.79 Å². The number of para-hydroxylation sites is 1. The van der Waals surface area contributed by atoms with Crippen molar-refractivity contribution in [1.82, 2.24) is 0 Å². The SMILES string of the molecule is O=C(c1ccccc1)[C@@H]1[C@@H]2[C@H]3C[C@H]([C@H]2ON1c1ccccc1)[C@H](Cl)C3. The molecule has 0 unspecified atom stereocenters. The normalized spacial score (nSPS) is 35.8. The molecule has 1 heterocycles. The molecule has 0 amide bonds. The molecule has 2 aromatic rings.